The van der Waals surface area contributed by atoms with Gasteiger partial charge in [-0.15, -0.1) is 4.52 Å². The minimum atomic E-state index is -1.66. The lowest BCUT2D eigenvalue weighted by Crippen LogP contribution is -2.24. The van der Waals surface area contributed by atoms with Crippen molar-refractivity contribution in [1.29, 1.82) is 0 Å². The predicted molar refractivity (Wildman–Crippen MR) is 75.9 cm³/mol. The molecule has 0 aromatic heterocycles. The van der Waals surface area contributed by atoms with E-state index in [1.165, 1.54) is 11.1 Å². The van der Waals surface area contributed by atoms with Crippen molar-refractivity contribution in [2.45, 2.75) is 59.0 Å². The predicted octanol–water partition coefficient (Wildman–Crippen LogP) is 4.18. The van der Waals surface area contributed by atoms with Crippen molar-refractivity contribution in [2.75, 3.05) is 0 Å². The fourth-order valence-electron chi connectivity index (χ4n) is 2.22. The molecule has 0 aliphatic carbocycles. The highest BCUT2D eigenvalue weighted by Gasteiger charge is 2.41. The zero-order chi connectivity index (χ0) is 13.7. The van der Waals surface area contributed by atoms with Crippen molar-refractivity contribution in [3.63, 3.8) is 0 Å². The normalized spacial score (nSPS) is 18.0. The van der Waals surface area contributed by atoms with Gasteiger partial charge < -0.3 is 0 Å². The average Bonchev–Trinajstić information content (AvgIpc) is 2.56. The van der Waals surface area contributed by atoms with Crippen LogP contribution in [0.15, 0.2) is 12.1 Å². The first kappa shape index (κ1) is 13.7. The summed E-state index contributed by atoms with van der Waals surface area (Å²) in [5.41, 5.74) is 3.66. The van der Waals surface area contributed by atoms with Gasteiger partial charge in [-0.3, -0.25) is 0 Å². The molecule has 98 valence electrons. The highest BCUT2D eigenvalue weighted by Crippen LogP contribution is 2.40. The third kappa shape index (κ3) is 2.37. The number of hydrogen-bond acceptors (Lipinski definition) is 2. The zero-order valence-corrected chi connectivity index (χ0v) is 13.0. The zero-order valence-electron chi connectivity index (χ0n) is 12.1. The molecule has 0 N–H and O–H groups in total. The van der Waals surface area contributed by atoms with Gasteiger partial charge in [-0.1, -0.05) is 47.6 Å². The third-order valence-corrected chi connectivity index (χ3v) is 4.64. The van der Waals surface area contributed by atoms with Crippen molar-refractivity contribution >= 4 is 13.3 Å². The molecule has 0 saturated heterocycles. The second kappa shape index (κ2) is 4.15. The second-order valence-corrected chi connectivity index (χ2v) is 8.28. The molecular weight excluding hydrogens is 243 g/mol. The lowest BCUT2D eigenvalue weighted by Gasteiger charge is -2.24. The molecule has 1 heterocycles. The number of fused-ring (bicyclic) bond motifs is 1. The van der Waals surface area contributed by atoms with E-state index in [-0.39, 0.29) is 10.8 Å². The van der Waals surface area contributed by atoms with Crippen LogP contribution >= 0.6 is 8.03 Å². The van der Waals surface area contributed by atoms with Gasteiger partial charge in [-0.2, -0.15) is 0 Å². The van der Waals surface area contributed by atoms with E-state index >= 15 is 0 Å². The molecule has 3 heteroatoms. The Hall–Kier alpha value is -0.720. The second-order valence-electron chi connectivity index (χ2n) is 7.06. The van der Waals surface area contributed by atoms with Crippen LogP contribution in [0.4, 0.5) is 0 Å². The summed E-state index contributed by atoms with van der Waals surface area (Å²) >= 11 is 0. The largest absolute Gasteiger partial charge is 0.549 e. The fourth-order valence-corrected chi connectivity index (χ4v) is 3.56. The summed E-state index contributed by atoms with van der Waals surface area (Å²) in [5, 5.41) is 0.936. The van der Waals surface area contributed by atoms with Gasteiger partial charge >= 0.3 is 8.03 Å². The van der Waals surface area contributed by atoms with Gasteiger partial charge in [-0.05, 0) is 27.0 Å². The summed E-state index contributed by atoms with van der Waals surface area (Å²) in [6.45, 7) is 13.6. The van der Waals surface area contributed by atoms with Crippen LogP contribution in [0, 0.1) is 0 Å². The Labute approximate surface area is 111 Å². The number of benzene rings is 1. The van der Waals surface area contributed by atoms with E-state index in [0.717, 1.165) is 10.9 Å². The van der Waals surface area contributed by atoms with Crippen molar-refractivity contribution in [2.24, 2.45) is 0 Å². The SMILES string of the molecule is CC(C)(C)c1cc2c(c(C(C)(C)C)c1)[P+](=O)OC2. The molecule has 0 spiro atoms. The minimum absolute atomic E-state index is 0.00988. The van der Waals surface area contributed by atoms with Crippen LogP contribution in [-0.2, 0) is 26.5 Å². The molecule has 18 heavy (non-hydrogen) atoms. The Kier molecular flexibility index (Phi) is 3.16. The summed E-state index contributed by atoms with van der Waals surface area (Å²) in [5.74, 6) is 0. The molecular formula is C15H22O2P+. The standard InChI is InChI=1S/C15H22O2P/c1-14(2,3)11-7-10-9-17-18(16)13(10)12(8-11)15(4,5)6/h7-8H,9H2,1-6H3/q+1. The van der Waals surface area contributed by atoms with Gasteiger partial charge in [0.05, 0.1) is 0 Å². The van der Waals surface area contributed by atoms with Crippen molar-refractivity contribution < 1.29 is 9.09 Å². The first-order valence-corrected chi connectivity index (χ1v) is 7.56. The van der Waals surface area contributed by atoms with Crippen LogP contribution in [0.3, 0.4) is 0 Å². The number of rotatable bonds is 0. The summed E-state index contributed by atoms with van der Waals surface area (Å²) in [6, 6.07) is 4.37. The molecule has 1 aliphatic rings. The van der Waals surface area contributed by atoms with Crippen molar-refractivity contribution in [1.82, 2.24) is 0 Å². The highest BCUT2D eigenvalue weighted by molar-refractivity contribution is 7.49. The summed E-state index contributed by atoms with van der Waals surface area (Å²) in [4.78, 5) is 0. The number of hydrogen-bond donors (Lipinski definition) is 0. The average molecular weight is 265 g/mol. The van der Waals surface area contributed by atoms with E-state index < -0.39 is 8.03 Å². The molecule has 1 aliphatic heterocycles. The Morgan fingerprint density at radius 3 is 2.17 bits per heavy atom. The van der Waals surface area contributed by atoms with Crippen LogP contribution in [0.2, 0.25) is 0 Å². The van der Waals surface area contributed by atoms with Crippen LogP contribution in [0.5, 0.6) is 0 Å². The Morgan fingerprint density at radius 1 is 1.06 bits per heavy atom. The minimum Gasteiger partial charge on any atom is -0.137 e. The molecule has 0 amide bonds. The van der Waals surface area contributed by atoms with Gasteiger partial charge in [-0.25, -0.2) is 0 Å². The fraction of sp³-hybridized carbons (Fsp3) is 0.600. The van der Waals surface area contributed by atoms with Crippen molar-refractivity contribution in [3.8, 4) is 0 Å². The van der Waals surface area contributed by atoms with Crippen LogP contribution in [0.1, 0.15) is 58.2 Å². The maximum atomic E-state index is 12.0. The summed E-state index contributed by atoms with van der Waals surface area (Å²) < 4.78 is 17.4. The molecule has 0 radical (unpaired) electrons. The molecule has 1 atom stereocenters. The topological polar surface area (TPSA) is 26.3 Å². The monoisotopic (exact) mass is 265 g/mol. The molecule has 2 nitrogen and oxygen atoms in total. The first-order valence-electron chi connectivity index (χ1n) is 6.39. The molecule has 1 unspecified atom stereocenters. The van der Waals surface area contributed by atoms with E-state index in [9.17, 15) is 4.57 Å². The lowest BCUT2D eigenvalue weighted by molar-refractivity contribution is 0.338. The van der Waals surface area contributed by atoms with E-state index in [2.05, 4.69) is 53.7 Å². The van der Waals surface area contributed by atoms with Gasteiger partial charge in [0.15, 0.2) is 0 Å². The molecule has 1 aromatic rings. The Bertz CT molecular complexity index is 504. The van der Waals surface area contributed by atoms with Gasteiger partial charge in [0.2, 0.25) is 5.30 Å². The van der Waals surface area contributed by atoms with E-state index in [1.54, 1.807) is 0 Å². The lowest BCUT2D eigenvalue weighted by atomic mass is 9.79. The maximum Gasteiger partial charge on any atom is 0.549 e. The molecule has 0 saturated carbocycles. The van der Waals surface area contributed by atoms with Gasteiger partial charge in [0.1, 0.15) is 6.61 Å². The summed E-state index contributed by atoms with van der Waals surface area (Å²) in [7, 11) is -1.66. The molecule has 1 aromatic carbocycles. The molecule has 2 rings (SSSR count). The highest BCUT2D eigenvalue weighted by atomic mass is 31.1. The summed E-state index contributed by atoms with van der Waals surface area (Å²) in [6.07, 6.45) is 0. The Morgan fingerprint density at radius 2 is 1.67 bits per heavy atom. The van der Waals surface area contributed by atoms with Gasteiger partial charge in [0, 0.05) is 11.1 Å². The van der Waals surface area contributed by atoms with E-state index in [0.29, 0.717) is 6.61 Å². The van der Waals surface area contributed by atoms with Crippen LogP contribution in [-0.4, -0.2) is 0 Å². The van der Waals surface area contributed by atoms with Crippen LogP contribution in [0.25, 0.3) is 0 Å². The third-order valence-electron chi connectivity index (χ3n) is 3.38. The maximum absolute atomic E-state index is 12.0. The van der Waals surface area contributed by atoms with Crippen LogP contribution < -0.4 is 5.30 Å². The van der Waals surface area contributed by atoms with Gasteiger partial charge in [0.25, 0.3) is 0 Å². The van der Waals surface area contributed by atoms with Crippen molar-refractivity contribution in [3.05, 3.63) is 28.8 Å². The smallest absolute Gasteiger partial charge is 0.137 e. The first-order chi connectivity index (χ1) is 8.10. The van der Waals surface area contributed by atoms with E-state index in [1.807, 2.05) is 0 Å². The quantitative estimate of drug-likeness (QED) is 0.658. The molecule has 0 fully saturated rings. The Balaban J connectivity index is 2.71. The van der Waals surface area contributed by atoms with E-state index in [4.69, 9.17) is 4.52 Å². The molecule has 0 bridgehead atoms.